The zero-order valence-electron chi connectivity index (χ0n) is 18.1. The van der Waals surface area contributed by atoms with Gasteiger partial charge in [0.2, 0.25) is 5.91 Å². The molecule has 1 aliphatic carbocycles. The minimum Gasteiger partial charge on any atom is -0.369 e. The number of fused-ring (bicyclic) bond motifs is 1. The Morgan fingerprint density at radius 2 is 1.97 bits per heavy atom. The highest BCUT2D eigenvalue weighted by atomic mass is 16.1. The smallest absolute Gasteiger partial charge is 0.296 e. The molecule has 2 amide bonds. The lowest BCUT2D eigenvalue weighted by atomic mass is 9.95. The molecule has 29 heavy (non-hydrogen) atoms. The Hall–Kier alpha value is -2.74. The molecule has 0 bridgehead atoms. The molecule has 0 spiro atoms. The van der Waals surface area contributed by atoms with E-state index in [1.165, 1.54) is 11.1 Å². The number of nitrogens with two attached hydrogens (primary N) is 1. The number of carbonyl (C=O) groups is 2. The van der Waals surface area contributed by atoms with Crippen LogP contribution >= 0.6 is 0 Å². The van der Waals surface area contributed by atoms with Crippen molar-refractivity contribution >= 4 is 23.1 Å². The van der Waals surface area contributed by atoms with Gasteiger partial charge in [-0.2, -0.15) is 0 Å². The highest BCUT2D eigenvalue weighted by molar-refractivity contribution is 5.99. The van der Waals surface area contributed by atoms with Gasteiger partial charge >= 0.3 is 0 Å². The largest absolute Gasteiger partial charge is 0.369 e. The van der Waals surface area contributed by atoms with Crippen molar-refractivity contribution in [2.75, 3.05) is 18.0 Å². The predicted molar refractivity (Wildman–Crippen MR) is 118 cm³/mol. The number of anilines is 1. The normalized spacial score (nSPS) is 18.8. The Morgan fingerprint density at radius 3 is 2.62 bits per heavy atom. The molecule has 0 unspecified atom stereocenters. The van der Waals surface area contributed by atoms with Gasteiger partial charge in [0.15, 0.2) is 0 Å². The van der Waals surface area contributed by atoms with Gasteiger partial charge in [0.05, 0.1) is 0 Å². The minimum absolute atomic E-state index is 0.0590. The summed E-state index contributed by atoms with van der Waals surface area (Å²) in [6.07, 6.45) is 2.70. The van der Waals surface area contributed by atoms with Gasteiger partial charge in [0, 0.05) is 41.4 Å². The van der Waals surface area contributed by atoms with Crippen molar-refractivity contribution in [1.82, 2.24) is 5.32 Å². The predicted octanol–water partition coefficient (Wildman–Crippen LogP) is 3.27. The Morgan fingerprint density at radius 1 is 1.24 bits per heavy atom. The molecule has 1 atom stereocenters. The first kappa shape index (κ1) is 21.0. The number of rotatable bonds is 3. The first-order valence-corrected chi connectivity index (χ1v) is 10.3. The summed E-state index contributed by atoms with van der Waals surface area (Å²) < 4.78 is 0. The van der Waals surface area contributed by atoms with Gasteiger partial charge in [-0.1, -0.05) is 11.5 Å². The van der Waals surface area contributed by atoms with E-state index in [0.717, 1.165) is 49.2 Å². The van der Waals surface area contributed by atoms with E-state index in [9.17, 15) is 9.59 Å². The maximum Gasteiger partial charge on any atom is 0.296 e. The maximum atomic E-state index is 12.2. The summed E-state index contributed by atoms with van der Waals surface area (Å²) in [5, 5.41) is 3.07. The van der Waals surface area contributed by atoms with E-state index >= 15 is 0 Å². The monoisotopic (exact) mass is 393 g/mol. The van der Waals surface area contributed by atoms with Crippen molar-refractivity contribution < 1.29 is 9.59 Å². The summed E-state index contributed by atoms with van der Waals surface area (Å²) in [7, 11) is 0. The lowest BCUT2D eigenvalue weighted by Gasteiger charge is -2.36. The van der Waals surface area contributed by atoms with Crippen LogP contribution in [0.3, 0.4) is 0 Å². The van der Waals surface area contributed by atoms with Crippen LogP contribution in [0.2, 0.25) is 0 Å². The molecule has 1 saturated heterocycles. The molecule has 5 heteroatoms. The molecule has 2 aliphatic rings. The molecular weight excluding hydrogens is 362 g/mol. The van der Waals surface area contributed by atoms with E-state index in [2.05, 4.69) is 35.9 Å². The molecular formula is C24H31N3O2. The number of allylic oxidation sites excluding steroid dienone is 2. The number of nitrogens with zero attached hydrogens (tertiary/aromatic N) is 1. The Balaban J connectivity index is 1.83. The molecule has 1 heterocycles. The molecule has 0 saturated carbocycles. The van der Waals surface area contributed by atoms with Crippen LogP contribution in [-0.2, 0) is 11.2 Å². The zero-order valence-corrected chi connectivity index (χ0v) is 18.1. The van der Waals surface area contributed by atoms with Gasteiger partial charge in [-0.25, -0.2) is 0 Å². The number of nitrogens with one attached hydrogen (secondary N) is 1. The van der Waals surface area contributed by atoms with E-state index in [1.807, 2.05) is 32.9 Å². The average molecular weight is 394 g/mol. The van der Waals surface area contributed by atoms with Gasteiger partial charge in [-0.3, -0.25) is 9.59 Å². The van der Waals surface area contributed by atoms with Crippen LogP contribution in [0.5, 0.6) is 0 Å². The second kappa shape index (κ2) is 7.94. The standard InChI is InChI=1S/C24H31N3O2/c1-15-13-19-18(23(25)29)8-9-20(22(19)16(15)2)27-12-6-7-17(14-27)26-21(28)10-11-24(3,4)5/h8-9,17H,6-7,12-14H2,1-5H3,(H2,25,29)(H,26,28)/t17-/m0/s1. The molecule has 1 fully saturated rings. The number of amides is 2. The zero-order chi connectivity index (χ0) is 21.3. The molecule has 3 N–H and O–H groups in total. The third-order valence-electron chi connectivity index (χ3n) is 5.66. The third kappa shape index (κ3) is 4.64. The van der Waals surface area contributed by atoms with Gasteiger partial charge < -0.3 is 16.0 Å². The van der Waals surface area contributed by atoms with Gasteiger partial charge in [-0.15, -0.1) is 0 Å². The van der Waals surface area contributed by atoms with E-state index in [1.54, 1.807) is 0 Å². The highest BCUT2D eigenvalue weighted by Crippen LogP contribution is 2.41. The number of hydrogen-bond acceptors (Lipinski definition) is 3. The van der Waals surface area contributed by atoms with Gasteiger partial charge in [0.1, 0.15) is 0 Å². The van der Waals surface area contributed by atoms with Gasteiger partial charge in [-0.05, 0) is 83.1 Å². The average Bonchev–Trinajstić information content (AvgIpc) is 2.94. The lowest BCUT2D eigenvalue weighted by Crippen LogP contribution is -2.47. The second-order valence-corrected chi connectivity index (χ2v) is 9.19. The van der Waals surface area contributed by atoms with Crippen LogP contribution in [0.4, 0.5) is 5.69 Å². The van der Waals surface area contributed by atoms with Crippen molar-refractivity contribution in [2.45, 2.75) is 59.9 Å². The molecule has 154 valence electrons. The summed E-state index contributed by atoms with van der Waals surface area (Å²) in [5.74, 6) is 5.12. The quantitative estimate of drug-likeness (QED) is 0.774. The van der Waals surface area contributed by atoms with Crippen LogP contribution in [0.1, 0.15) is 68.9 Å². The number of carbonyl (C=O) groups excluding carboxylic acids is 2. The second-order valence-electron chi connectivity index (χ2n) is 9.19. The molecule has 1 aromatic rings. The summed E-state index contributed by atoms with van der Waals surface area (Å²) in [6.45, 7) is 11.8. The molecule has 0 aromatic heterocycles. The fraction of sp³-hybridized carbons (Fsp3) is 0.500. The molecule has 0 radical (unpaired) electrons. The van der Waals surface area contributed by atoms with Crippen LogP contribution < -0.4 is 16.0 Å². The topological polar surface area (TPSA) is 75.4 Å². The van der Waals surface area contributed by atoms with E-state index in [4.69, 9.17) is 5.73 Å². The van der Waals surface area contributed by atoms with Crippen molar-refractivity contribution in [3.63, 3.8) is 0 Å². The van der Waals surface area contributed by atoms with Crippen molar-refractivity contribution in [1.29, 1.82) is 0 Å². The Labute approximate surface area is 173 Å². The third-order valence-corrected chi connectivity index (χ3v) is 5.66. The van der Waals surface area contributed by atoms with Gasteiger partial charge in [0.25, 0.3) is 5.91 Å². The number of hydrogen-bond donors (Lipinski definition) is 2. The maximum absolute atomic E-state index is 12.2. The fourth-order valence-corrected chi connectivity index (χ4v) is 4.12. The van der Waals surface area contributed by atoms with Crippen molar-refractivity contribution in [2.24, 2.45) is 11.1 Å². The number of primary amides is 1. The molecule has 1 aliphatic heterocycles. The Bertz CT molecular complexity index is 941. The summed E-state index contributed by atoms with van der Waals surface area (Å²) in [6, 6.07) is 3.91. The first-order chi connectivity index (χ1) is 13.6. The van der Waals surface area contributed by atoms with Crippen molar-refractivity contribution in [3.8, 4) is 11.8 Å². The molecule has 1 aromatic carbocycles. The molecule has 3 rings (SSSR count). The summed E-state index contributed by atoms with van der Waals surface area (Å²) in [4.78, 5) is 26.5. The fourth-order valence-electron chi connectivity index (χ4n) is 4.12. The number of piperidine rings is 1. The van der Waals surface area contributed by atoms with E-state index in [-0.39, 0.29) is 23.3 Å². The molecule has 5 nitrogen and oxygen atoms in total. The van der Waals surface area contributed by atoms with Crippen LogP contribution in [-0.4, -0.2) is 30.9 Å². The lowest BCUT2D eigenvalue weighted by molar-refractivity contribution is -0.116. The van der Waals surface area contributed by atoms with E-state index < -0.39 is 0 Å². The van der Waals surface area contributed by atoms with Crippen LogP contribution in [0.15, 0.2) is 17.7 Å². The highest BCUT2D eigenvalue weighted by Gasteiger charge is 2.29. The van der Waals surface area contributed by atoms with E-state index in [0.29, 0.717) is 5.56 Å². The summed E-state index contributed by atoms with van der Waals surface area (Å²) in [5.41, 5.74) is 11.8. The van der Waals surface area contributed by atoms with Crippen LogP contribution in [0.25, 0.3) is 5.57 Å². The Kier molecular flexibility index (Phi) is 5.75. The number of benzene rings is 1. The first-order valence-electron chi connectivity index (χ1n) is 10.3. The minimum atomic E-state index is -0.378. The SMILES string of the molecule is CC1=C(C)c2c(N3CCC[C@H](NC(=O)C#CC(C)(C)C)C3)ccc(C(N)=O)c2C1. The van der Waals surface area contributed by atoms with Crippen LogP contribution in [0, 0.1) is 17.3 Å². The van der Waals surface area contributed by atoms with Crippen molar-refractivity contribution in [3.05, 3.63) is 34.4 Å². The summed E-state index contributed by atoms with van der Waals surface area (Å²) >= 11 is 0.